The Bertz CT molecular complexity index is 1110. The number of nitrogens with zero attached hydrogens (tertiary/aromatic N) is 2. The molecule has 4 aromatic rings. The molecule has 5 nitrogen and oxygen atoms in total. The normalized spacial score (nSPS) is 10.9. The maximum atomic E-state index is 5.99. The summed E-state index contributed by atoms with van der Waals surface area (Å²) in [4.78, 5) is 8.72. The van der Waals surface area contributed by atoms with E-state index in [-0.39, 0.29) is 0 Å². The summed E-state index contributed by atoms with van der Waals surface area (Å²) in [5.74, 6) is 1.92. The molecule has 2 aromatic carbocycles. The van der Waals surface area contributed by atoms with Crippen molar-refractivity contribution in [3.8, 4) is 5.75 Å². The lowest BCUT2D eigenvalue weighted by Crippen LogP contribution is -1.99. The molecule has 0 spiro atoms. The molecule has 28 heavy (non-hydrogen) atoms. The van der Waals surface area contributed by atoms with Crippen molar-refractivity contribution in [2.24, 2.45) is 0 Å². The molecule has 0 aliphatic heterocycles. The number of aromatic nitrogens is 2. The lowest BCUT2D eigenvalue weighted by molar-refractivity contribution is 0.306. The minimum absolute atomic E-state index is 0.479. The highest BCUT2D eigenvalue weighted by Crippen LogP contribution is 2.19. The van der Waals surface area contributed by atoms with Crippen molar-refractivity contribution in [2.45, 2.75) is 19.4 Å². The smallest absolute Gasteiger partial charge is 0.124 e. The molecule has 0 fully saturated rings. The van der Waals surface area contributed by atoms with Gasteiger partial charge in [-0.05, 0) is 66.4 Å². The number of hydrogen-bond acceptors (Lipinski definition) is 5. The minimum atomic E-state index is 0.479. The Kier molecular flexibility index (Phi) is 5.06. The van der Waals surface area contributed by atoms with Gasteiger partial charge in [0.25, 0.3) is 0 Å². The van der Waals surface area contributed by atoms with E-state index in [0.29, 0.717) is 18.2 Å². The first-order valence-corrected chi connectivity index (χ1v) is 9.24. The van der Waals surface area contributed by atoms with E-state index in [1.807, 2.05) is 48.5 Å². The first-order valence-electron chi connectivity index (χ1n) is 9.24. The molecule has 0 unspecified atom stereocenters. The van der Waals surface area contributed by atoms with Crippen molar-refractivity contribution in [1.82, 2.24) is 9.97 Å². The number of rotatable bonds is 6. The predicted octanol–water partition coefficient (Wildman–Crippen LogP) is 4.16. The molecule has 0 saturated heterocycles. The van der Waals surface area contributed by atoms with Gasteiger partial charge in [-0.2, -0.15) is 0 Å². The lowest BCUT2D eigenvalue weighted by Gasteiger charge is -2.09. The summed E-state index contributed by atoms with van der Waals surface area (Å²) >= 11 is 0. The fourth-order valence-electron chi connectivity index (χ4n) is 3.14. The number of fused-ring (bicyclic) bond motifs is 1. The van der Waals surface area contributed by atoms with Crippen molar-refractivity contribution in [3.05, 3.63) is 89.6 Å². The highest BCUT2D eigenvalue weighted by atomic mass is 16.5. The van der Waals surface area contributed by atoms with Gasteiger partial charge in [0, 0.05) is 11.1 Å². The van der Waals surface area contributed by atoms with Crippen LogP contribution < -0.4 is 16.2 Å². The number of nitrogens with two attached hydrogens (primary N) is 2. The molecule has 4 N–H and O–H groups in total. The Balaban J connectivity index is 1.40. The molecule has 2 aromatic heterocycles. The number of nitrogen functional groups attached to an aromatic ring is 2. The second-order valence-corrected chi connectivity index (χ2v) is 6.75. The molecule has 0 bridgehead atoms. The third kappa shape index (κ3) is 4.38. The van der Waals surface area contributed by atoms with E-state index in [9.17, 15) is 0 Å². The fourth-order valence-corrected chi connectivity index (χ4v) is 3.14. The van der Waals surface area contributed by atoms with Gasteiger partial charge in [-0.25, -0.2) is 9.97 Å². The van der Waals surface area contributed by atoms with Gasteiger partial charge < -0.3 is 16.2 Å². The number of hydrogen-bond donors (Lipinski definition) is 2. The molecular formula is C23H22N4O. The van der Waals surface area contributed by atoms with Crippen LogP contribution in [0.15, 0.2) is 72.8 Å². The average Bonchev–Trinajstić information content (AvgIpc) is 2.71. The quantitative estimate of drug-likeness (QED) is 0.532. The third-order valence-corrected chi connectivity index (χ3v) is 4.58. The van der Waals surface area contributed by atoms with Gasteiger partial charge in [0.15, 0.2) is 0 Å². The van der Waals surface area contributed by atoms with E-state index in [2.05, 4.69) is 28.2 Å². The van der Waals surface area contributed by atoms with E-state index in [4.69, 9.17) is 16.2 Å². The Hall–Kier alpha value is -3.60. The van der Waals surface area contributed by atoms with Crippen molar-refractivity contribution < 1.29 is 4.74 Å². The van der Waals surface area contributed by atoms with Gasteiger partial charge in [-0.15, -0.1) is 0 Å². The van der Waals surface area contributed by atoms with Crippen LogP contribution in [0.4, 0.5) is 11.6 Å². The van der Waals surface area contributed by atoms with Crippen LogP contribution >= 0.6 is 0 Å². The van der Waals surface area contributed by atoms with E-state index >= 15 is 0 Å². The van der Waals surface area contributed by atoms with Gasteiger partial charge in [0.05, 0.1) is 5.52 Å². The molecule has 0 amide bonds. The van der Waals surface area contributed by atoms with Crippen LogP contribution in [0.1, 0.15) is 16.8 Å². The Labute approximate surface area is 164 Å². The van der Waals surface area contributed by atoms with Gasteiger partial charge in [-0.1, -0.05) is 30.3 Å². The molecule has 2 heterocycles. The molecule has 0 aliphatic rings. The molecule has 0 atom stereocenters. The van der Waals surface area contributed by atoms with Gasteiger partial charge in [-0.3, -0.25) is 0 Å². The van der Waals surface area contributed by atoms with E-state index in [1.165, 1.54) is 5.56 Å². The molecule has 140 valence electrons. The largest absolute Gasteiger partial charge is 0.489 e. The Morgan fingerprint density at radius 2 is 1.54 bits per heavy atom. The standard InChI is InChI=1S/C23H22N4O/c24-22-6-2-4-19(26-22)11-8-16-3-1-5-20(13-16)28-15-17-7-9-18-10-12-23(25)27-21(18)14-17/h1-7,9-10,12-14H,8,11,15H2,(H2,24,26)(H2,25,27). The molecule has 0 radical (unpaired) electrons. The van der Waals surface area contributed by atoms with E-state index in [1.54, 1.807) is 6.07 Å². The van der Waals surface area contributed by atoms with Crippen LogP contribution in [0, 0.1) is 0 Å². The van der Waals surface area contributed by atoms with Crippen LogP contribution in [-0.2, 0) is 19.4 Å². The zero-order valence-electron chi connectivity index (χ0n) is 15.5. The third-order valence-electron chi connectivity index (χ3n) is 4.58. The Morgan fingerprint density at radius 1 is 0.714 bits per heavy atom. The fraction of sp³-hybridized carbons (Fsp3) is 0.130. The first-order chi connectivity index (χ1) is 13.7. The summed E-state index contributed by atoms with van der Waals surface area (Å²) in [7, 11) is 0. The van der Waals surface area contributed by atoms with Crippen LogP contribution in [-0.4, -0.2) is 9.97 Å². The average molecular weight is 370 g/mol. The topological polar surface area (TPSA) is 87.0 Å². The molecule has 0 aliphatic carbocycles. The second kappa shape index (κ2) is 7.96. The summed E-state index contributed by atoms with van der Waals surface area (Å²) in [6.45, 7) is 0.479. The number of anilines is 2. The van der Waals surface area contributed by atoms with Crippen molar-refractivity contribution in [3.63, 3.8) is 0 Å². The summed E-state index contributed by atoms with van der Waals surface area (Å²) in [5, 5.41) is 1.06. The molecule has 4 rings (SSSR count). The number of ether oxygens (including phenoxy) is 1. The van der Waals surface area contributed by atoms with Gasteiger partial charge in [0.2, 0.25) is 0 Å². The van der Waals surface area contributed by atoms with Crippen molar-refractivity contribution >= 4 is 22.5 Å². The summed E-state index contributed by atoms with van der Waals surface area (Å²) in [6.07, 6.45) is 1.72. The van der Waals surface area contributed by atoms with Crippen molar-refractivity contribution in [2.75, 3.05) is 11.5 Å². The maximum absolute atomic E-state index is 5.99. The Morgan fingerprint density at radius 3 is 2.43 bits per heavy atom. The monoisotopic (exact) mass is 370 g/mol. The molecule has 0 saturated carbocycles. The van der Waals surface area contributed by atoms with Crippen LogP contribution in [0.3, 0.4) is 0 Å². The van der Waals surface area contributed by atoms with E-state index < -0.39 is 0 Å². The first kappa shape index (κ1) is 17.8. The molecular weight excluding hydrogens is 348 g/mol. The minimum Gasteiger partial charge on any atom is -0.489 e. The predicted molar refractivity (Wildman–Crippen MR) is 113 cm³/mol. The van der Waals surface area contributed by atoms with Crippen LogP contribution in [0.5, 0.6) is 5.75 Å². The van der Waals surface area contributed by atoms with Crippen molar-refractivity contribution in [1.29, 1.82) is 0 Å². The van der Waals surface area contributed by atoms with Gasteiger partial charge >= 0.3 is 0 Å². The number of benzene rings is 2. The number of pyridine rings is 2. The van der Waals surface area contributed by atoms with Gasteiger partial charge in [0.1, 0.15) is 24.0 Å². The zero-order chi connectivity index (χ0) is 19.3. The van der Waals surface area contributed by atoms with E-state index in [0.717, 1.165) is 40.8 Å². The highest BCUT2D eigenvalue weighted by molar-refractivity contribution is 5.80. The van der Waals surface area contributed by atoms with Crippen LogP contribution in [0.2, 0.25) is 0 Å². The lowest BCUT2D eigenvalue weighted by atomic mass is 10.1. The zero-order valence-corrected chi connectivity index (χ0v) is 15.5. The molecule has 5 heteroatoms. The summed E-state index contributed by atoms with van der Waals surface area (Å²) < 4.78 is 5.99. The summed E-state index contributed by atoms with van der Waals surface area (Å²) in [5.41, 5.74) is 15.7. The van der Waals surface area contributed by atoms with Crippen LogP contribution in [0.25, 0.3) is 10.9 Å². The number of aryl methyl sites for hydroxylation is 2. The SMILES string of the molecule is Nc1cccc(CCc2cccc(OCc3ccc4ccc(N)nc4c3)c2)n1. The highest BCUT2D eigenvalue weighted by Gasteiger charge is 2.03. The second-order valence-electron chi connectivity index (χ2n) is 6.75. The maximum Gasteiger partial charge on any atom is 0.124 e. The summed E-state index contributed by atoms with van der Waals surface area (Å²) in [6, 6.07) is 23.8.